The van der Waals surface area contributed by atoms with Gasteiger partial charge in [-0.1, -0.05) is 17.4 Å². The molecule has 0 saturated heterocycles. The molecule has 1 aromatic heterocycles. The lowest BCUT2D eigenvalue weighted by atomic mass is 10.3. The van der Waals surface area contributed by atoms with Gasteiger partial charge in [-0.05, 0) is 12.1 Å². The molecule has 0 atom stereocenters. The topological polar surface area (TPSA) is 50.1 Å². The van der Waals surface area contributed by atoms with E-state index in [2.05, 4.69) is 4.42 Å². The molecule has 0 aliphatic carbocycles. The molecule has 0 aliphatic heterocycles. The average molecular weight is 167 g/mol. The summed E-state index contributed by atoms with van der Waals surface area (Å²) in [6.45, 7) is 0. The zero-order valence-electron chi connectivity index (χ0n) is 5.37. The molecule has 1 heterocycles. The maximum Gasteiger partial charge on any atom is 0.396 e. The Morgan fingerprint density at radius 1 is 1.36 bits per heavy atom. The highest BCUT2D eigenvalue weighted by Gasteiger charge is 2.06. The van der Waals surface area contributed by atoms with Crippen LogP contribution < -0.4 is 4.94 Å². The third-order valence-electron chi connectivity index (χ3n) is 1.32. The fraction of sp³-hybridized carbons (Fsp3) is 0. The van der Waals surface area contributed by atoms with Gasteiger partial charge in [-0.15, -0.1) is 0 Å². The predicted molar refractivity (Wildman–Crippen MR) is 40.5 cm³/mol. The van der Waals surface area contributed by atoms with E-state index in [1.807, 2.05) is 0 Å². The quantitative estimate of drug-likeness (QED) is 0.602. The molecule has 0 saturated carbocycles. The molecule has 11 heavy (non-hydrogen) atoms. The van der Waals surface area contributed by atoms with Crippen LogP contribution in [-0.4, -0.2) is 0 Å². The van der Waals surface area contributed by atoms with Gasteiger partial charge in [-0.3, -0.25) is 5.11 Å². The van der Waals surface area contributed by atoms with Gasteiger partial charge < -0.3 is 4.42 Å². The summed E-state index contributed by atoms with van der Waals surface area (Å²) in [5, 5.41) is 11.0. The van der Waals surface area contributed by atoms with Crippen molar-refractivity contribution in [3.63, 3.8) is 0 Å². The van der Waals surface area contributed by atoms with Crippen molar-refractivity contribution < 1.29 is 9.52 Å². The summed E-state index contributed by atoms with van der Waals surface area (Å²) in [4.78, 5) is 10.2. The van der Waals surface area contributed by atoms with Crippen LogP contribution in [0.3, 0.4) is 0 Å². The van der Waals surface area contributed by atoms with Crippen molar-refractivity contribution in [1.82, 2.24) is 0 Å². The van der Waals surface area contributed by atoms with Gasteiger partial charge in [-0.25, -0.2) is 4.79 Å². The first kappa shape index (κ1) is 6.42. The molecule has 0 aliphatic rings. The molecule has 0 fully saturated rings. The highest BCUT2D eigenvalue weighted by atomic mass is 32.1. The van der Waals surface area contributed by atoms with Crippen LogP contribution in [0.4, 0.5) is 0 Å². The molecule has 2 rings (SSSR count). The summed E-state index contributed by atoms with van der Waals surface area (Å²) in [5.74, 6) is -0.235. The fourth-order valence-electron chi connectivity index (χ4n) is 0.871. The SMILES string of the molecule is [O]c1cccc2sc(=O)oc12. The largest absolute Gasteiger partial charge is 0.410 e. The Kier molecular flexibility index (Phi) is 1.22. The van der Waals surface area contributed by atoms with Crippen LogP contribution in [-0.2, 0) is 5.11 Å². The standard InChI is InChI=1S/C7H3O3S/c8-4-2-1-3-5-6(4)10-7(9)11-5/h1-3H. The smallest absolute Gasteiger partial charge is 0.396 e. The van der Waals surface area contributed by atoms with Crippen LogP contribution in [0, 0.1) is 0 Å². The third-order valence-corrected chi connectivity index (χ3v) is 2.11. The van der Waals surface area contributed by atoms with Crippen LogP contribution in [0.15, 0.2) is 27.4 Å². The summed E-state index contributed by atoms with van der Waals surface area (Å²) in [5.41, 5.74) is 0.169. The zero-order chi connectivity index (χ0) is 7.84. The van der Waals surface area contributed by atoms with Gasteiger partial charge in [0.15, 0.2) is 5.58 Å². The Morgan fingerprint density at radius 3 is 2.91 bits per heavy atom. The van der Waals surface area contributed by atoms with Gasteiger partial charge in [0, 0.05) is 0 Å². The van der Waals surface area contributed by atoms with Gasteiger partial charge in [0.05, 0.1) is 4.70 Å². The second-order valence-corrected chi connectivity index (χ2v) is 3.01. The van der Waals surface area contributed by atoms with E-state index in [-0.39, 0.29) is 11.3 Å². The van der Waals surface area contributed by atoms with Crippen LogP contribution >= 0.6 is 11.3 Å². The summed E-state index contributed by atoms with van der Waals surface area (Å²) < 4.78 is 5.26. The van der Waals surface area contributed by atoms with E-state index in [4.69, 9.17) is 0 Å². The molecule has 0 unspecified atom stereocenters. The first-order valence-electron chi connectivity index (χ1n) is 2.97. The molecular weight excluding hydrogens is 164 g/mol. The first-order chi connectivity index (χ1) is 5.27. The van der Waals surface area contributed by atoms with Crippen LogP contribution in [0.2, 0.25) is 0 Å². The molecular formula is C7H3O3S. The molecule has 1 aromatic carbocycles. The minimum atomic E-state index is -0.428. The van der Waals surface area contributed by atoms with Crippen molar-refractivity contribution in [2.75, 3.05) is 0 Å². The molecule has 55 valence electrons. The molecule has 0 bridgehead atoms. The summed E-state index contributed by atoms with van der Waals surface area (Å²) in [6.07, 6.45) is 0. The molecule has 0 amide bonds. The van der Waals surface area contributed by atoms with E-state index < -0.39 is 4.94 Å². The summed E-state index contributed by atoms with van der Waals surface area (Å²) >= 11 is 0.944. The van der Waals surface area contributed by atoms with Crippen LogP contribution in [0.1, 0.15) is 0 Å². The number of benzene rings is 1. The van der Waals surface area contributed by atoms with Gasteiger partial charge in [0.25, 0.3) is 0 Å². The minimum Gasteiger partial charge on any atom is -0.410 e. The maximum atomic E-state index is 11.0. The van der Waals surface area contributed by atoms with E-state index in [1.165, 1.54) is 6.07 Å². The third kappa shape index (κ3) is 0.914. The van der Waals surface area contributed by atoms with Crippen LogP contribution in [0.5, 0.6) is 5.75 Å². The number of rotatable bonds is 0. The van der Waals surface area contributed by atoms with E-state index in [0.29, 0.717) is 4.70 Å². The Labute approximate surface area is 65.5 Å². The lowest BCUT2D eigenvalue weighted by Crippen LogP contribution is -1.79. The lowest BCUT2D eigenvalue weighted by Gasteiger charge is -1.84. The predicted octanol–water partition coefficient (Wildman–Crippen LogP) is 2.00. The molecule has 3 nitrogen and oxygen atoms in total. The van der Waals surface area contributed by atoms with Crippen molar-refractivity contribution in [1.29, 1.82) is 0 Å². The molecule has 4 heteroatoms. The van der Waals surface area contributed by atoms with E-state index in [1.54, 1.807) is 12.1 Å². The number of hydrogen-bond donors (Lipinski definition) is 0. The summed E-state index contributed by atoms with van der Waals surface area (Å²) in [7, 11) is 0. The van der Waals surface area contributed by atoms with Crippen molar-refractivity contribution in [3.05, 3.63) is 27.9 Å². The van der Waals surface area contributed by atoms with Crippen LogP contribution in [0.25, 0.3) is 10.3 Å². The zero-order valence-corrected chi connectivity index (χ0v) is 6.18. The highest BCUT2D eigenvalue weighted by Crippen LogP contribution is 2.25. The van der Waals surface area contributed by atoms with Gasteiger partial charge in [-0.2, -0.15) is 0 Å². The molecule has 0 N–H and O–H groups in total. The monoisotopic (exact) mass is 167 g/mol. The number of para-hydroxylation sites is 1. The first-order valence-corrected chi connectivity index (χ1v) is 3.79. The average Bonchev–Trinajstić information content (AvgIpc) is 2.31. The Morgan fingerprint density at radius 2 is 2.18 bits per heavy atom. The van der Waals surface area contributed by atoms with Gasteiger partial charge in [0.1, 0.15) is 0 Å². The van der Waals surface area contributed by atoms with Gasteiger partial charge in [0.2, 0.25) is 5.75 Å². The maximum absolute atomic E-state index is 11.0. The normalized spacial score (nSPS) is 10.5. The summed E-state index contributed by atoms with van der Waals surface area (Å²) in [6, 6.07) is 4.67. The van der Waals surface area contributed by atoms with Crippen molar-refractivity contribution in [2.45, 2.75) is 0 Å². The number of hydrogen-bond acceptors (Lipinski definition) is 3. The molecule has 0 spiro atoms. The van der Waals surface area contributed by atoms with E-state index in [9.17, 15) is 9.90 Å². The van der Waals surface area contributed by atoms with Crippen molar-refractivity contribution in [2.24, 2.45) is 0 Å². The number of fused-ring (bicyclic) bond motifs is 1. The van der Waals surface area contributed by atoms with E-state index in [0.717, 1.165) is 11.3 Å². The highest BCUT2D eigenvalue weighted by molar-refractivity contribution is 7.16. The second-order valence-electron chi connectivity index (χ2n) is 2.04. The van der Waals surface area contributed by atoms with Gasteiger partial charge >= 0.3 is 4.94 Å². The fourth-order valence-corrected chi connectivity index (χ4v) is 1.56. The molecule has 1 radical (unpaired) electrons. The second kappa shape index (κ2) is 2.10. The Bertz CT molecular complexity index is 440. The Hall–Kier alpha value is -1.29. The Balaban J connectivity index is 3.01. The minimum absolute atomic E-state index is 0.169. The van der Waals surface area contributed by atoms with E-state index >= 15 is 0 Å². The van der Waals surface area contributed by atoms with Crippen molar-refractivity contribution in [3.8, 4) is 5.75 Å². The van der Waals surface area contributed by atoms with Crippen molar-refractivity contribution >= 4 is 21.6 Å². The lowest BCUT2D eigenvalue weighted by molar-refractivity contribution is 0.351. The molecule has 2 aromatic rings.